The second-order valence-corrected chi connectivity index (χ2v) is 5.52. The van der Waals surface area contributed by atoms with Crippen molar-refractivity contribution in [2.45, 2.75) is 38.1 Å². The summed E-state index contributed by atoms with van der Waals surface area (Å²) in [5.74, 6) is -0.142. The number of carbonyl (C=O) groups excluding carboxylic acids is 2. The highest BCUT2D eigenvalue weighted by molar-refractivity contribution is 9.09. The highest BCUT2D eigenvalue weighted by atomic mass is 79.9. The molecule has 1 heterocycles. The number of primary amides is 1. The van der Waals surface area contributed by atoms with E-state index in [1.54, 1.807) is 0 Å². The van der Waals surface area contributed by atoms with Crippen LogP contribution in [0.4, 0.5) is 0 Å². The highest BCUT2D eigenvalue weighted by Gasteiger charge is 2.21. The predicted octanol–water partition coefficient (Wildman–Crippen LogP) is 0.617. The average molecular weight is 320 g/mol. The smallest absolute Gasteiger partial charge is 0.231 e. The fourth-order valence-electron chi connectivity index (χ4n) is 2.14. The normalized spacial score (nSPS) is 17.6. The number of nitrogens with zero attached hydrogens (tertiary/aromatic N) is 1. The Kier molecular flexibility index (Phi) is 7.27. The summed E-state index contributed by atoms with van der Waals surface area (Å²) in [4.78, 5) is 24.4. The zero-order valence-electron chi connectivity index (χ0n) is 10.7. The van der Waals surface area contributed by atoms with Gasteiger partial charge in [-0.3, -0.25) is 14.5 Å². The lowest BCUT2D eigenvalue weighted by Crippen LogP contribution is -2.46. The van der Waals surface area contributed by atoms with Crippen molar-refractivity contribution >= 4 is 27.7 Å². The number of nitrogens with two attached hydrogens (primary N) is 1. The van der Waals surface area contributed by atoms with Crippen LogP contribution in [0.2, 0.25) is 0 Å². The summed E-state index contributed by atoms with van der Waals surface area (Å²) < 4.78 is 0. The molecule has 2 amide bonds. The first-order valence-electron chi connectivity index (χ1n) is 6.48. The van der Waals surface area contributed by atoms with Gasteiger partial charge in [-0.2, -0.15) is 0 Å². The number of unbranched alkanes of at least 4 members (excludes halogenated alkanes) is 1. The van der Waals surface area contributed by atoms with Crippen molar-refractivity contribution in [3.05, 3.63) is 0 Å². The minimum Gasteiger partial charge on any atom is -0.369 e. The number of nitrogens with one attached hydrogen (secondary N) is 1. The summed E-state index contributed by atoms with van der Waals surface area (Å²) in [7, 11) is 0. The Labute approximate surface area is 117 Å². The summed E-state index contributed by atoms with van der Waals surface area (Å²) in [5, 5.41) is 4.00. The lowest BCUT2D eigenvalue weighted by molar-refractivity contribution is -0.123. The van der Waals surface area contributed by atoms with E-state index >= 15 is 0 Å². The molecule has 0 saturated carbocycles. The van der Waals surface area contributed by atoms with Crippen molar-refractivity contribution in [1.29, 1.82) is 0 Å². The molecule has 0 aromatic rings. The lowest BCUT2D eigenvalue weighted by Gasteiger charge is -2.31. The number of hydrogen-bond acceptors (Lipinski definition) is 3. The number of carbonyl (C=O) groups is 2. The molecular weight excluding hydrogens is 298 g/mol. The van der Waals surface area contributed by atoms with Crippen LogP contribution >= 0.6 is 15.9 Å². The van der Waals surface area contributed by atoms with Gasteiger partial charge in [0.05, 0.1) is 6.54 Å². The minimum absolute atomic E-state index is 0.143. The van der Waals surface area contributed by atoms with Gasteiger partial charge in [0.2, 0.25) is 11.8 Å². The second-order valence-electron chi connectivity index (χ2n) is 4.73. The van der Waals surface area contributed by atoms with Gasteiger partial charge in [-0.05, 0) is 25.7 Å². The van der Waals surface area contributed by atoms with Gasteiger partial charge >= 0.3 is 0 Å². The van der Waals surface area contributed by atoms with Crippen molar-refractivity contribution in [2.75, 3.05) is 25.0 Å². The SMILES string of the molecule is NC(=O)CN1CCC(NC(=O)CCCCBr)CC1. The molecule has 0 aliphatic carbocycles. The number of hydrogen-bond donors (Lipinski definition) is 2. The number of halogens is 1. The van der Waals surface area contributed by atoms with Crippen LogP contribution in [0.5, 0.6) is 0 Å². The standard InChI is InChI=1S/C12H22BrN3O2/c13-6-2-1-3-12(18)15-10-4-7-16(8-5-10)9-11(14)17/h10H,1-9H2,(H2,14,17)(H,15,18). The summed E-state index contributed by atoms with van der Waals surface area (Å²) in [6.07, 6.45) is 4.37. The number of amides is 2. The Hall–Kier alpha value is -0.620. The molecule has 1 aliphatic rings. The number of piperidine rings is 1. The average Bonchev–Trinajstić information content (AvgIpc) is 2.31. The molecule has 5 nitrogen and oxygen atoms in total. The Morgan fingerprint density at radius 1 is 1.28 bits per heavy atom. The van der Waals surface area contributed by atoms with Gasteiger partial charge < -0.3 is 11.1 Å². The first-order chi connectivity index (χ1) is 8.61. The van der Waals surface area contributed by atoms with Crippen LogP contribution in [0.3, 0.4) is 0 Å². The monoisotopic (exact) mass is 319 g/mol. The van der Waals surface area contributed by atoms with Crippen molar-refractivity contribution in [2.24, 2.45) is 5.73 Å². The van der Waals surface area contributed by atoms with Crippen LogP contribution in [-0.2, 0) is 9.59 Å². The van der Waals surface area contributed by atoms with Gasteiger partial charge in [-0.15, -0.1) is 0 Å². The molecule has 0 radical (unpaired) electrons. The molecule has 18 heavy (non-hydrogen) atoms. The first kappa shape index (κ1) is 15.4. The van der Waals surface area contributed by atoms with Crippen LogP contribution in [-0.4, -0.2) is 47.7 Å². The van der Waals surface area contributed by atoms with Crippen LogP contribution < -0.4 is 11.1 Å². The maximum Gasteiger partial charge on any atom is 0.231 e. The molecular formula is C12H22BrN3O2. The molecule has 3 N–H and O–H groups in total. The third-order valence-corrected chi connectivity index (χ3v) is 3.68. The minimum atomic E-state index is -0.285. The van der Waals surface area contributed by atoms with E-state index in [9.17, 15) is 9.59 Å². The van der Waals surface area contributed by atoms with Gasteiger partial charge in [-0.25, -0.2) is 0 Å². The third kappa shape index (κ3) is 6.35. The van der Waals surface area contributed by atoms with Gasteiger partial charge in [0.1, 0.15) is 0 Å². The number of likely N-dealkylation sites (tertiary alicyclic amines) is 1. The lowest BCUT2D eigenvalue weighted by atomic mass is 10.0. The highest BCUT2D eigenvalue weighted by Crippen LogP contribution is 2.10. The van der Waals surface area contributed by atoms with E-state index in [0.29, 0.717) is 13.0 Å². The molecule has 0 spiro atoms. The molecule has 0 aromatic heterocycles. The molecule has 0 atom stereocenters. The maximum atomic E-state index is 11.6. The molecule has 0 unspecified atom stereocenters. The van der Waals surface area contributed by atoms with E-state index in [-0.39, 0.29) is 17.9 Å². The molecule has 1 aliphatic heterocycles. The number of alkyl halides is 1. The first-order valence-corrected chi connectivity index (χ1v) is 7.60. The molecule has 0 aromatic carbocycles. The summed E-state index contributed by atoms with van der Waals surface area (Å²) >= 11 is 3.35. The number of rotatable bonds is 7. The second kappa shape index (κ2) is 8.48. The van der Waals surface area contributed by atoms with Crippen LogP contribution in [0, 0.1) is 0 Å². The predicted molar refractivity (Wildman–Crippen MR) is 74.4 cm³/mol. The Morgan fingerprint density at radius 2 is 1.94 bits per heavy atom. The van der Waals surface area contributed by atoms with Gasteiger partial charge in [0.15, 0.2) is 0 Å². The Morgan fingerprint density at radius 3 is 2.50 bits per heavy atom. The molecule has 1 saturated heterocycles. The van der Waals surface area contributed by atoms with E-state index < -0.39 is 0 Å². The Bertz CT molecular complexity index is 278. The summed E-state index contributed by atoms with van der Waals surface area (Å²) in [5.41, 5.74) is 5.15. The van der Waals surface area contributed by atoms with Crippen LogP contribution in [0.1, 0.15) is 32.1 Å². The maximum absolute atomic E-state index is 11.6. The van der Waals surface area contributed by atoms with E-state index in [1.165, 1.54) is 0 Å². The van der Waals surface area contributed by atoms with Crippen LogP contribution in [0.25, 0.3) is 0 Å². The summed E-state index contributed by atoms with van der Waals surface area (Å²) in [6, 6.07) is 0.255. The molecule has 6 heteroatoms. The van der Waals surface area contributed by atoms with E-state index in [0.717, 1.165) is 44.1 Å². The fraction of sp³-hybridized carbons (Fsp3) is 0.833. The van der Waals surface area contributed by atoms with Crippen molar-refractivity contribution in [1.82, 2.24) is 10.2 Å². The topological polar surface area (TPSA) is 75.4 Å². The quantitative estimate of drug-likeness (QED) is 0.533. The van der Waals surface area contributed by atoms with E-state index in [1.807, 2.05) is 4.90 Å². The van der Waals surface area contributed by atoms with Crippen molar-refractivity contribution in [3.8, 4) is 0 Å². The molecule has 1 rings (SSSR count). The van der Waals surface area contributed by atoms with Gasteiger partial charge in [0.25, 0.3) is 0 Å². The Balaban J connectivity index is 2.14. The van der Waals surface area contributed by atoms with Gasteiger partial charge in [0, 0.05) is 30.9 Å². The van der Waals surface area contributed by atoms with E-state index in [4.69, 9.17) is 5.73 Å². The zero-order valence-corrected chi connectivity index (χ0v) is 12.2. The van der Waals surface area contributed by atoms with Crippen molar-refractivity contribution < 1.29 is 9.59 Å². The van der Waals surface area contributed by atoms with E-state index in [2.05, 4.69) is 21.2 Å². The summed E-state index contributed by atoms with van der Waals surface area (Å²) in [6.45, 7) is 1.98. The van der Waals surface area contributed by atoms with Crippen molar-refractivity contribution in [3.63, 3.8) is 0 Å². The molecule has 0 bridgehead atoms. The molecule has 104 valence electrons. The van der Waals surface area contributed by atoms with Gasteiger partial charge in [-0.1, -0.05) is 15.9 Å². The molecule has 1 fully saturated rings. The van der Waals surface area contributed by atoms with Crippen LogP contribution in [0.15, 0.2) is 0 Å². The zero-order chi connectivity index (χ0) is 13.4. The largest absolute Gasteiger partial charge is 0.369 e. The third-order valence-electron chi connectivity index (χ3n) is 3.12. The fourth-order valence-corrected chi connectivity index (χ4v) is 2.53.